The number of fused-ring (bicyclic) bond motifs is 1. The highest BCUT2D eigenvalue weighted by Gasteiger charge is 2.15. The number of hydrogen-bond acceptors (Lipinski definition) is 2. The van der Waals surface area contributed by atoms with Crippen LogP contribution in [-0.2, 0) is 6.42 Å². The summed E-state index contributed by atoms with van der Waals surface area (Å²) >= 11 is 5.94. The molecule has 2 aromatic carbocycles. The fourth-order valence-electron chi connectivity index (χ4n) is 2.41. The van der Waals surface area contributed by atoms with Crippen molar-refractivity contribution in [3.8, 4) is 0 Å². The molecule has 0 radical (unpaired) electrons. The molecule has 110 valence electrons. The normalized spacial score (nSPS) is 10.8. The minimum absolute atomic E-state index is 0.124. The number of hydrogen-bond donors (Lipinski definition) is 1. The van der Waals surface area contributed by atoms with Crippen molar-refractivity contribution in [1.29, 1.82) is 0 Å². The Bertz CT molecular complexity index is 911. The van der Waals surface area contributed by atoms with E-state index in [0.29, 0.717) is 21.5 Å². The van der Waals surface area contributed by atoms with E-state index in [1.54, 1.807) is 30.3 Å². The van der Waals surface area contributed by atoms with E-state index in [0.717, 1.165) is 12.0 Å². The van der Waals surface area contributed by atoms with Crippen LogP contribution in [0.4, 0.5) is 0 Å². The lowest BCUT2D eigenvalue weighted by Crippen LogP contribution is -2.16. The van der Waals surface area contributed by atoms with E-state index in [-0.39, 0.29) is 16.8 Å². The maximum atomic E-state index is 12.5. The van der Waals surface area contributed by atoms with Crippen molar-refractivity contribution in [1.82, 2.24) is 4.98 Å². The minimum Gasteiger partial charge on any atom is -0.360 e. The molecule has 3 aromatic rings. The fourth-order valence-corrected chi connectivity index (χ4v) is 2.58. The smallest absolute Gasteiger partial charge is 0.200 e. The monoisotopic (exact) mass is 311 g/mol. The second-order valence-electron chi connectivity index (χ2n) is 5.10. The Labute approximate surface area is 132 Å². The summed E-state index contributed by atoms with van der Waals surface area (Å²) in [7, 11) is 0. The van der Waals surface area contributed by atoms with Crippen molar-refractivity contribution < 1.29 is 4.79 Å². The van der Waals surface area contributed by atoms with Gasteiger partial charge in [0.1, 0.15) is 0 Å². The molecule has 0 fully saturated rings. The summed E-state index contributed by atoms with van der Waals surface area (Å²) in [4.78, 5) is 28.0. The first-order valence-electron chi connectivity index (χ1n) is 7.04. The van der Waals surface area contributed by atoms with Crippen molar-refractivity contribution >= 4 is 28.3 Å². The number of benzene rings is 2. The van der Waals surface area contributed by atoms with Crippen LogP contribution in [0.25, 0.3) is 10.9 Å². The minimum atomic E-state index is -0.305. The Kier molecular flexibility index (Phi) is 3.82. The van der Waals surface area contributed by atoms with Gasteiger partial charge in [0.2, 0.25) is 5.43 Å². The van der Waals surface area contributed by atoms with Gasteiger partial charge in [-0.1, -0.05) is 42.8 Å². The molecule has 0 aliphatic carbocycles. The highest BCUT2D eigenvalue weighted by molar-refractivity contribution is 6.31. The van der Waals surface area contributed by atoms with Crippen molar-refractivity contribution in [3.63, 3.8) is 0 Å². The van der Waals surface area contributed by atoms with Crippen molar-refractivity contribution in [2.24, 2.45) is 0 Å². The predicted octanol–water partition coefficient (Wildman–Crippen LogP) is 3.97. The first kappa shape index (κ1) is 14.5. The van der Waals surface area contributed by atoms with Crippen LogP contribution < -0.4 is 5.43 Å². The number of halogens is 1. The third-order valence-corrected chi connectivity index (χ3v) is 3.95. The number of pyridine rings is 1. The predicted molar refractivity (Wildman–Crippen MR) is 88.8 cm³/mol. The van der Waals surface area contributed by atoms with Gasteiger partial charge in [-0.3, -0.25) is 9.59 Å². The molecule has 0 bridgehead atoms. The molecule has 0 unspecified atom stereocenters. The maximum absolute atomic E-state index is 12.5. The van der Waals surface area contributed by atoms with Crippen LogP contribution in [0.15, 0.2) is 53.5 Å². The topological polar surface area (TPSA) is 49.9 Å². The maximum Gasteiger partial charge on any atom is 0.200 e. The van der Waals surface area contributed by atoms with Gasteiger partial charge in [-0.05, 0) is 30.2 Å². The zero-order chi connectivity index (χ0) is 15.7. The number of H-pyrrole nitrogens is 1. The molecule has 1 heterocycles. The summed E-state index contributed by atoms with van der Waals surface area (Å²) in [6.07, 6.45) is 2.37. The van der Waals surface area contributed by atoms with Gasteiger partial charge in [-0.15, -0.1) is 0 Å². The second-order valence-corrected chi connectivity index (χ2v) is 5.54. The highest BCUT2D eigenvalue weighted by atomic mass is 35.5. The highest BCUT2D eigenvalue weighted by Crippen LogP contribution is 2.16. The number of ketones is 1. The van der Waals surface area contributed by atoms with E-state index in [4.69, 9.17) is 11.6 Å². The third-order valence-electron chi connectivity index (χ3n) is 3.71. The van der Waals surface area contributed by atoms with Crippen molar-refractivity contribution in [2.45, 2.75) is 13.3 Å². The number of carbonyl (C=O) groups is 1. The third kappa shape index (κ3) is 2.55. The van der Waals surface area contributed by atoms with Gasteiger partial charge in [0.25, 0.3) is 0 Å². The van der Waals surface area contributed by atoms with Crippen LogP contribution in [0.5, 0.6) is 0 Å². The lowest BCUT2D eigenvalue weighted by molar-refractivity contribution is 0.103. The Hall–Kier alpha value is -2.39. The molecular weight excluding hydrogens is 298 g/mol. The van der Waals surface area contributed by atoms with Gasteiger partial charge < -0.3 is 4.98 Å². The molecule has 1 N–H and O–H groups in total. The summed E-state index contributed by atoms with van der Waals surface area (Å²) in [5.74, 6) is -0.286. The van der Waals surface area contributed by atoms with E-state index in [1.807, 2.05) is 12.1 Å². The van der Waals surface area contributed by atoms with Crippen LogP contribution >= 0.6 is 11.6 Å². The summed E-state index contributed by atoms with van der Waals surface area (Å²) in [6.45, 7) is 2.05. The zero-order valence-corrected chi connectivity index (χ0v) is 12.8. The van der Waals surface area contributed by atoms with Crippen molar-refractivity contribution in [2.75, 3.05) is 0 Å². The van der Waals surface area contributed by atoms with Crippen LogP contribution in [0.2, 0.25) is 5.02 Å². The molecule has 0 spiro atoms. The first-order valence-corrected chi connectivity index (χ1v) is 7.42. The number of rotatable bonds is 3. The summed E-state index contributed by atoms with van der Waals surface area (Å²) in [6, 6.07) is 12.3. The summed E-state index contributed by atoms with van der Waals surface area (Å²) in [5, 5.41) is 0.887. The van der Waals surface area contributed by atoms with Crippen LogP contribution in [0, 0.1) is 0 Å². The summed E-state index contributed by atoms with van der Waals surface area (Å²) in [5.41, 5.74) is 2.13. The van der Waals surface area contributed by atoms with Crippen LogP contribution in [0.3, 0.4) is 0 Å². The molecule has 0 saturated carbocycles. The van der Waals surface area contributed by atoms with Gasteiger partial charge in [0, 0.05) is 27.7 Å². The molecule has 3 nitrogen and oxygen atoms in total. The molecule has 22 heavy (non-hydrogen) atoms. The van der Waals surface area contributed by atoms with Gasteiger partial charge >= 0.3 is 0 Å². The zero-order valence-electron chi connectivity index (χ0n) is 12.0. The number of aromatic amines is 1. The van der Waals surface area contributed by atoms with Gasteiger partial charge in [-0.2, -0.15) is 0 Å². The number of nitrogens with one attached hydrogen (secondary N) is 1. The van der Waals surface area contributed by atoms with E-state index in [2.05, 4.69) is 11.9 Å². The van der Waals surface area contributed by atoms with Gasteiger partial charge in [0.05, 0.1) is 5.56 Å². The van der Waals surface area contributed by atoms with E-state index >= 15 is 0 Å². The average Bonchev–Trinajstić information content (AvgIpc) is 2.55. The SMILES string of the molecule is CCc1ccc(C(=O)c2c[nH]c3ccc(Cl)cc3c2=O)cc1. The van der Waals surface area contributed by atoms with Gasteiger partial charge in [-0.25, -0.2) is 0 Å². The Balaban J connectivity index is 2.10. The van der Waals surface area contributed by atoms with Crippen LogP contribution in [0.1, 0.15) is 28.4 Å². The fraction of sp³-hybridized carbons (Fsp3) is 0.111. The molecule has 4 heteroatoms. The molecule has 0 amide bonds. The standard InChI is InChI=1S/C18H14ClNO2/c1-2-11-3-5-12(6-4-11)17(21)15-10-20-16-8-7-13(19)9-14(16)18(15)22/h3-10H,2H2,1H3,(H,20,22). The number of aromatic nitrogens is 1. The Morgan fingerprint density at radius 1 is 1.14 bits per heavy atom. The lowest BCUT2D eigenvalue weighted by Gasteiger charge is -2.04. The molecule has 0 aliphatic heterocycles. The largest absolute Gasteiger partial charge is 0.360 e. The molecule has 0 saturated heterocycles. The van der Waals surface area contributed by atoms with E-state index in [1.165, 1.54) is 6.20 Å². The molecule has 1 aromatic heterocycles. The molecule has 3 rings (SSSR count). The molecular formula is C18H14ClNO2. The molecule has 0 atom stereocenters. The quantitative estimate of drug-likeness (QED) is 0.744. The Morgan fingerprint density at radius 2 is 1.86 bits per heavy atom. The average molecular weight is 312 g/mol. The van der Waals surface area contributed by atoms with E-state index < -0.39 is 0 Å². The van der Waals surface area contributed by atoms with E-state index in [9.17, 15) is 9.59 Å². The van der Waals surface area contributed by atoms with Crippen LogP contribution in [-0.4, -0.2) is 10.8 Å². The first-order chi connectivity index (χ1) is 10.6. The number of carbonyl (C=O) groups excluding carboxylic acids is 1. The Morgan fingerprint density at radius 3 is 2.55 bits per heavy atom. The number of aryl methyl sites for hydroxylation is 1. The lowest BCUT2D eigenvalue weighted by atomic mass is 10.0. The van der Waals surface area contributed by atoms with Crippen molar-refractivity contribution in [3.05, 3.63) is 80.6 Å². The molecule has 0 aliphatic rings. The van der Waals surface area contributed by atoms with Gasteiger partial charge in [0.15, 0.2) is 5.78 Å². The second kappa shape index (κ2) is 5.78. The summed E-state index contributed by atoms with van der Waals surface area (Å²) < 4.78 is 0.